The van der Waals surface area contributed by atoms with Gasteiger partial charge in [0.1, 0.15) is 5.82 Å². The molecule has 4 nitrogen and oxygen atoms in total. The summed E-state index contributed by atoms with van der Waals surface area (Å²) >= 11 is 5.82. The quantitative estimate of drug-likeness (QED) is 0.927. The standard InChI is InChI=1S/C13H13ClN2O2/c1-8-12(13(17)18)16(9(2)15-8)7-10-3-5-11(14)6-4-10/h3-6H,7H2,1-2H3,(H,17,18). The summed E-state index contributed by atoms with van der Waals surface area (Å²) in [7, 11) is 0. The molecule has 0 fully saturated rings. The lowest BCUT2D eigenvalue weighted by atomic mass is 10.2. The van der Waals surface area contributed by atoms with Crippen molar-refractivity contribution in [3.8, 4) is 0 Å². The summed E-state index contributed by atoms with van der Waals surface area (Å²) < 4.78 is 1.70. The van der Waals surface area contributed by atoms with Crippen LogP contribution in [0.4, 0.5) is 0 Å². The first-order chi connectivity index (χ1) is 8.49. The monoisotopic (exact) mass is 264 g/mol. The number of rotatable bonds is 3. The van der Waals surface area contributed by atoms with Crippen LogP contribution in [0.3, 0.4) is 0 Å². The van der Waals surface area contributed by atoms with Crippen LogP contribution in [-0.4, -0.2) is 20.6 Å². The zero-order valence-corrected chi connectivity index (χ0v) is 10.9. The molecule has 0 radical (unpaired) electrons. The van der Waals surface area contributed by atoms with Crippen molar-refractivity contribution >= 4 is 17.6 Å². The van der Waals surface area contributed by atoms with Crippen molar-refractivity contribution in [2.75, 3.05) is 0 Å². The number of carboxylic acid groups (broad SMARTS) is 1. The smallest absolute Gasteiger partial charge is 0.354 e. The molecule has 0 aliphatic heterocycles. The number of halogens is 1. The van der Waals surface area contributed by atoms with Gasteiger partial charge in [-0.05, 0) is 31.5 Å². The molecule has 1 heterocycles. The predicted molar refractivity (Wildman–Crippen MR) is 69.2 cm³/mol. The SMILES string of the molecule is Cc1nc(C)n(Cc2ccc(Cl)cc2)c1C(=O)O. The molecule has 94 valence electrons. The molecule has 1 aromatic carbocycles. The number of carboxylic acids is 1. The highest BCUT2D eigenvalue weighted by Gasteiger charge is 2.17. The Morgan fingerprint density at radius 3 is 2.50 bits per heavy atom. The van der Waals surface area contributed by atoms with Crippen LogP contribution in [0, 0.1) is 13.8 Å². The summed E-state index contributed by atoms with van der Waals surface area (Å²) in [5.74, 6) is -0.262. The average molecular weight is 265 g/mol. The zero-order valence-electron chi connectivity index (χ0n) is 10.1. The normalized spacial score (nSPS) is 10.6. The van der Waals surface area contributed by atoms with E-state index in [0.717, 1.165) is 5.56 Å². The van der Waals surface area contributed by atoms with Gasteiger partial charge >= 0.3 is 5.97 Å². The Hall–Kier alpha value is -1.81. The lowest BCUT2D eigenvalue weighted by Gasteiger charge is -2.08. The Bertz CT molecular complexity index is 588. The van der Waals surface area contributed by atoms with Crippen LogP contribution in [0.1, 0.15) is 27.6 Å². The van der Waals surface area contributed by atoms with Crippen LogP contribution in [0.15, 0.2) is 24.3 Å². The fourth-order valence-corrected chi connectivity index (χ4v) is 2.08. The number of aryl methyl sites for hydroxylation is 2. The van der Waals surface area contributed by atoms with Gasteiger partial charge in [0.15, 0.2) is 5.69 Å². The van der Waals surface area contributed by atoms with Gasteiger partial charge in [-0.1, -0.05) is 23.7 Å². The van der Waals surface area contributed by atoms with Crippen LogP contribution >= 0.6 is 11.6 Å². The first kappa shape index (κ1) is 12.6. The number of aromatic nitrogens is 2. The van der Waals surface area contributed by atoms with E-state index in [1.54, 1.807) is 30.5 Å². The maximum Gasteiger partial charge on any atom is 0.354 e. The Labute approximate surface area is 110 Å². The van der Waals surface area contributed by atoms with Gasteiger partial charge < -0.3 is 9.67 Å². The van der Waals surface area contributed by atoms with E-state index in [1.807, 2.05) is 12.1 Å². The molecular weight excluding hydrogens is 252 g/mol. The highest BCUT2D eigenvalue weighted by atomic mass is 35.5. The molecule has 2 aromatic rings. The minimum Gasteiger partial charge on any atom is -0.477 e. The predicted octanol–water partition coefficient (Wildman–Crippen LogP) is 2.90. The van der Waals surface area contributed by atoms with Crippen molar-refractivity contribution in [3.63, 3.8) is 0 Å². The largest absolute Gasteiger partial charge is 0.477 e. The number of hydrogen-bond acceptors (Lipinski definition) is 2. The van der Waals surface area contributed by atoms with Gasteiger partial charge in [-0.25, -0.2) is 9.78 Å². The van der Waals surface area contributed by atoms with Gasteiger partial charge in [0.2, 0.25) is 0 Å². The van der Waals surface area contributed by atoms with Crippen molar-refractivity contribution in [3.05, 3.63) is 52.1 Å². The summed E-state index contributed by atoms with van der Waals surface area (Å²) in [6.45, 7) is 3.98. The molecule has 1 aromatic heterocycles. The Morgan fingerprint density at radius 2 is 1.94 bits per heavy atom. The summed E-state index contributed by atoms with van der Waals surface area (Å²) in [5.41, 5.74) is 1.76. The lowest BCUT2D eigenvalue weighted by molar-refractivity contribution is 0.0684. The summed E-state index contributed by atoms with van der Waals surface area (Å²) in [6.07, 6.45) is 0. The van der Waals surface area contributed by atoms with E-state index in [0.29, 0.717) is 23.1 Å². The number of hydrogen-bond donors (Lipinski definition) is 1. The zero-order chi connectivity index (χ0) is 13.3. The van der Waals surface area contributed by atoms with Crippen molar-refractivity contribution in [2.45, 2.75) is 20.4 Å². The van der Waals surface area contributed by atoms with E-state index in [9.17, 15) is 9.90 Å². The number of benzene rings is 1. The van der Waals surface area contributed by atoms with Gasteiger partial charge in [-0.3, -0.25) is 0 Å². The second-order valence-electron chi connectivity index (χ2n) is 4.11. The summed E-state index contributed by atoms with van der Waals surface area (Å²) in [4.78, 5) is 15.4. The van der Waals surface area contributed by atoms with Crippen LogP contribution < -0.4 is 0 Å². The second-order valence-corrected chi connectivity index (χ2v) is 4.55. The molecule has 0 unspecified atom stereocenters. The number of nitrogens with zero attached hydrogens (tertiary/aromatic N) is 2. The van der Waals surface area contributed by atoms with Gasteiger partial charge in [0.05, 0.1) is 5.69 Å². The van der Waals surface area contributed by atoms with E-state index >= 15 is 0 Å². The molecule has 0 atom stereocenters. The number of aromatic carboxylic acids is 1. The molecule has 0 saturated heterocycles. The molecule has 5 heteroatoms. The van der Waals surface area contributed by atoms with E-state index in [-0.39, 0.29) is 5.69 Å². The fraction of sp³-hybridized carbons (Fsp3) is 0.231. The first-order valence-electron chi connectivity index (χ1n) is 5.50. The molecular formula is C13H13ClN2O2. The van der Waals surface area contributed by atoms with Crippen molar-refractivity contribution in [1.29, 1.82) is 0 Å². The Morgan fingerprint density at radius 1 is 1.33 bits per heavy atom. The van der Waals surface area contributed by atoms with Crippen molar-refractivity contribution in [1.82, 2.24) is 9.55 Å². The van der Waals surface area contributed by atoms with E-state index < -0.39 is 5.97 Å². The third kappa shape index (κ3) is 2.38. The lowest BCUT2D eigenvalue weighted by Crippen LogP contribution is -2.11. The molecule has 0 aliphatic rings. The first-order valence-corrected chi connectivity index (χ1v) is 5.88. The van der Waals surface area contributed by atoms with Gasteiger partial charge in [-0.15, -0.1) is 0 Å². The molecule has 0 spiro atoms. The van der Waals surface area contributed by atoms with Crippen molar-refractivity contribution in [2.24, 2.45) is 0 Å². The minimum absolute atomic E-state index is 0.238. The maximum absolute atomic E-state index is 11.2. The minimum atomic E-state index is -0.956. The maximum atomic E-state index is 11.2. The molecule has 1 N–H and O–H groups in total. The highest BCUT2D eigenvalue weighted by molar-refractivity contribution is 6.30. The molecule has 2 rings (SSSR count). The molecule has 18 heavy (non-hydrogen) atoms. The molecule has 0 aliphatic carbocycles. The van der Waals surface area contributed by atoms with Gasteiger partial charge in [-0.2, -0.15) is 0 Å². The van der Waals surface area contributed by atoms with E-state index in [2.05, 4.69) is 4.98 Å². The fourth-order valence-electron chi connectivity index (χ4n) is 1.95. The Balaban J connectivity index is 2.39. The number of imidazole rings is 1. The Kier molecular flexibility index (Phi) is 3.39. The van der Waals surface area contributed by atoms with E-state index in [1.165, 1.54) is 0 Å². The molecule has 0 saturated carbocycles. The van der Waals surface area contributed by atoms with Crippen LogP contribution in [0.2, 0.25) is 5.02 Å². The second kappa shape index (κ2) is 4.82. The number of carbonyl (C=O) groups is 1. The van der Waals surface area contributed by atoms with Crippen LogP contribution in [0.5, 0.6) is 0 Å². The average Bonchev–Trinajstić information content (AvgIpc) is 2.57. The van der Waals surface area contributed by atoms with Gasteiger partial charge in [0, 0.05) is 11.6 Å². The van der Waals surface area contributed by atoms with Gasteiger partial charge in [0.25, 0.3) is 0 Å². The molecule has 0 amide bonds. The third-order valence-electron chi connectivity index (χ3n) is 2.79. The third-order valence-corrected chi connectivity index (χ3v) is 3.04. The van der Waals surface area contributed by atoms with Crippen LogP contribution in [0.25, 0.3) is 0 Å². The van der Waals surface area contributed by atoms with Crippen molar-refractivity contribution < 1.29 is 9.90 Å². The van der Waals surface area contributed by atoms with E-state index in [4.69, 9.17) is 11.6 Å². The van der Waals surface area contributed by atoms with Crippen LogP contribution in [-0.2, 0) is 6.54 Å². The summed E-state index contributed by atoms with van der Waals surface area (Å²) in [6, 6.07) is 7.33. The topological polar surface area (TPSA) is 55.1 Å². The molecule has 0 bridgehead atoms. The highest BCUT2D eigenvalue weighted by Crippen LogP contribution is 2.15. The summed E-state index contributed by atoms with van der Waals surface area (Å²) in [5, 5.41) is 9.86.